The van der Waals surface area contributed by atoms with Crippen molar-refractivity contribution >= 4 is 11.6 Å². The van der Waals surface area contributed by atoms with Crippen LogP contribution in [0.2, 0.25) is 0 Å². The zero-order valence-corrected chi connectivity index (χ0v) is 11.2. The van der Waals surface area contributed by atoms with Gasteiger partial charge in [0.1, 0.15) is 5.69 Å². The quantitative estimate of drug-likeness (QED) is 0.801. The van der Waals surface area contributed by atoms with Crippen LogP contribution >= 0.6 is 0 Å². The molecule has 1 aromatic rings. The number of hydrogen-bond donors (Lipinski definition) is 2. The second-order valence-electron chi connectivity index (χ2n) is 4.31. The van der Waals surface area contributed by atoms with Gasteiger partial charge in [-0.2, -0.15) is 0 Å². The minimum absolute atomic E-state index is 0.0572. The minimum atomic E-state index is -0.211. The van der Waals surface area contributed by atoms with Gasteiger partial charge in [0.25, 0.3) is 5.91 Å². The number of nitrogens with one attached hydrogen (secondary N) is 1. The van der Waals surface area contributed by atoms with Gasteiger partial charge in [-0.25, -0.2) is 4.98 Å². The van der Waals surface area contributed by atoms with Crippen molar-refractivity contribution in [3.63, 3.8) is 0 Å². The normalized spacial score (nSPS) is 12.0. The summed E-state index contributed by atoms with van der Waals surface area (Å²) in [4.78, 5) is 17.6. The average Bonchev–Trinajstić information content (AvgIpc) is 2.43. The van der Waals surface area contributed by atoms with Crippen molar-refractivity contribution in [1.82, 2.24) is 9.88 Å². The van der Waals surface area contributed by atoms with Crippen molar-refractivity contribution < 1.29 is 9.90 Å². The monoisotopic (exact) mass is 251 g/mol. The Morgan fingerprint density at radius 2 is 2.28 bits per heavy atom. The summed E-state index contributed by atoms with van der Waals surface area (Å²) < 4.78 is 0. The molecule has 5 nitrogen and oxygen atoms in total. The number of aliphatic hydroxyl groups excluding tert-OH is 1. The van der Waals surface area contributed by atoms with Crippen LogP contribution < -0.4 is 5.32 Å². The van der Waals surface area contributed by atoms with Gasteiger partial charge in [0.05, 0.1) is 24.5 Å². The lowest BCUT2D eigenvalue weighted by molar-refractivity contribution is 0.0676. The fraction of sp³-hybridized carbons (Fsp3) is 0.538. The molecule has 1 atom stereocenters. The first kappa shape index (κ1) is 14.4. The summed E-state index contributed by atoms with van der Waals surface area (Å²) in [5.41, 5.74) is 1.30. The highest BCUT2D eigenvalue weighted by atomic mass is 16.3. The Labute approximate surface area is 108 Å². The Morgan fingerprint density at radius 3 is 2.78 bits per heavy atom. The highest BCUT2D eigenvalue weighted by molar-refractivity contribution is 5.92. The lowest BCUT2D eigenvalue weighted by Gasteiger charge is -2.22. The van der Waals surface area contributed by atoms with E-state index < -0.39 is 0 Å². The maximum Gasteiger partial charge on any atom is 0.272 e. The number of likely N-dealkylation sites (N-methyl/N-ethyl adjacent to an activating group) is 1. The Morgan fingerprint density at radius 1 is 1.56 bits per heavy atom. The standard InChI is InChI=1S/C13H21N3O2/c1-4-7-14-11-5-6-12(15-8-11)13(18)16(3)10(2)9-17/h5-6,8,10,14,17H,4,7,9H2,1-3H3. The van der Waals surface area contributed by atoms with Crippen molar-refractivity contribution in [3.8, 4) is 0 Å². The van der Waals surface area contributed by atoms with E-state index in [0.717, 1.165) is 18.7 Å². The number of pyridine rings is 1. The third kappa shape index (κ3) is 3.70. The Hall–Kier alpha value is -1.62. The van der Waals surface area contributed by atoms with Crippen LogP contribution in [0.3, 0.4) is 0 Å². The fourth-order valence-corrected chi connectivity index (χ4v) is 1.40. The second kappa shape index (κ2) is 6.96. The molecule has 0 fully saturated rings. The van der Waals surface area contributed by atoms with E-state index in [4.69, 9.17) is 5.11 Å². The van der Waals surface area contributed by atoms with Gasteiger partial charge in [-0.3, -0.25) is 4.79 Å². The predicted molar refractivity (Wildman–Crippen MR) is 71.7 cm³/mol. The number of aliphatic hydroxyl groups is 1. The molecule has 5 heteroatoms. The van der Waals surface area contributed by atoms with Gasteiger partial charge >= 0.3 is 0 Å². The van der Waals surface area contributed by atoms with Gasteiger partial charge in [0, 0.05) is 13.6 Å². The van der Waals surface area contributed by atoms with Gasteiger partial charge in [-0.15, -0.1) is 0 Å². The molecular formula is C13H21N3O2. The summed E-state index contributed by atoms with van der Waals surface area (Å²) in [5.74, 6) is -0.182. The van der Waals surface area contributed by atoms with Crippen LogP contribution in [0, 0.1) is 0 Å². The Bertz CT molecular complexity index is 378. The molecular weight excluding hydrogens is 230 g/mol. The van der Waals surface area contributed by atoms with Gasteiger partial charge in [0.15, 0.2) is 0 Å². The Kier molecular flexibility index (Phi) is 5.58. The second-order valence-corrected chi connectivity index (χ2v) is 4.31. The molecule has 1 rings (SSSR count). The van der Waals surface area contributed by atoms with Crippen molar-refractivity contribution in [3.05, 3.63) is 24.0 Å². The average molecular weight is 251 g/mol. The van der Waals surface area contributed by atoms with E-state index in [9.17, 15) is 4.79 Å². The van der Waals surface area contributed by atoms with Gasteiger partial charge in [0.2, 0.25) is 0 Å². The summed E-state index contributed by atoms with van der Waals surface area (Å²) in [6.45, 7) is 4.70. The molecule has 1 heterocycles. The van der Waals surface area contributed by atoms with E-state index in [2.05, 4.69) is 17.2 Å². The van der Waals surface area contributed by atoms with Gasteiger partial charge in [-0.05, 0) is 25.5 Å². The molecule has 1 unspecified atom stereocenters. The van der Waals surface area contributed by atoms with Crippen LogP contribution in [0.4, 0.5) is 5.69 Å². The zero-order valence-electron chi connectivity index (χ0n) is 11.2. The Balaban J connectivity index is 2.69. The number of carbonyl (C=O) groups excluding carboxylic acids is 1. The first-order valence-corrected chi connectivity index (χ1v) is 6.18. The molecule has 0 aliphatic carbocycles. The van der Waals surface area contributed by atoms with E-state index >= 15 is 0 Å². The molecule has 0 radical (unpaired) electrons. The zero-order chi connectivity index (χ0) is 13.5. The van der Waals surface area contributed by atoms with Crippen LogP contribution in [-0.4, -0.2) is 47.1 Å². The number of aromatic nitrogens is 1. The number of rotatable bonds is 6. The van der Waals surface area contributed by atoms with Crippen LogP contribution in [0.25, 0.3) is 0 Å². The SMILES string of the molecule is CCCNc1ccc(C(=O)N(C)C(C)CO)nc1. The van der Waals surface area contributed by atoms with Crippen molar-refractivity contribution in [2.24, 2.45) is 0 Å². The summed E-state index contributed by atoms with van der Waals surface area (Å²) in [5, 5.41) is 12.2. The lowest BCUT2D eigenvalue weighted by atomic mass is 10.2. The summed E-state index contributed by atoms with van der Waals surface area (Å²) in [6.07, 6.45) is 2.69. The molecule has 0 spiro atoms. The topological polar surface area (TPSA) is 65.5 Å². The third-order valence-corrected chi connectivity index (χ3v) is 2.81. The van der Waals surface area contributed by atoms with E-state index in [1.807, 2.05) is 6.07 Å². The first-order valence-electron chi connectivity index (χ1n) is 6.18. The van der Waals surface area contributed by atoms with Crippen molar-refractivity contribution in [2.45, 2.75) is 26.3 Å². The van der Waals surface area contributed by atoms with Gasteiger partial charge in [-0.1, -0.05) is 6.92 Å². The van der Waals surface area contributed by atoms with Crippen LogP contribution in [0.15, 0.2) is 18.3 Å². The number of hydrogen-bond acceptors (Lipinski definition) is 4. The molecule has 0 saturated heterocycles. The number of nitrogens with zero attached hydrogens (tertiary/aromatic N) is 2. The fourth-order valence-electron chi connectivity index (χ4n) is 1.40. The highest BCUT2D eigenvalue weighted by Crippen LogP contribution is 2.09. The maximum atomic E-state index is 12.0. The molecule has 0 aliphatic heterocycles. The van der Waals surface area contributed by atoms with E-state index in [1.54, 1.807) is 26.2 Å². The van der Waals surface area contributed by atoms with Crippen molar-refractivity contribution in [1.29, 1.82) is 0 Å². The molecule has 1 aromatic heterocycles. The molecule has 0 aliphatic rings. The summed E-state index contributed by atoms with van der Waals surface area (Å²) in [6, 6.07) is 3.33. The molecule has 0 bridgehead atoms. The first-order chi connectivity index (χ1) is 8.60. The van der Waals surface area contributed by atoms with Gasteiger partial charge < -0.3 is 15.3 Å². The van der Waals surface area contributed by atoms with Crippen molar-refractivity contribution in [2.75, 3.05) is 25.5 Å². The molecule has 100 valence electrons. The highest BCUT2D eigenvalue weighted by Gasteiger charge is 2.17. The molecule has 18 heavy (non-hydrogen) atoms. The van der Waals surface area contributed by atoms with E-state index in [-0.39, 0.29) is 18.6 Å². The minimum Gasteiger partial charge on any atom is -0.394 e. The van der Waals surface area contributed by atoms with Crippen LogP contribution in [-0.2, 0) is 0 Å². The number of anilines is 1. The summed E-state index contributed by atoms with van der Waals surface area (Å²) >= 11 is 0. The number of amides is 1. The molecule has 0 saturated carbocycles. The molecule has 0 aromatic carbocycles. The molecule has 2 N–H and O–H groups in total. The predicted octanol–water partition coefficient (Wildman–Crippen LogP) is 1.36. The summed E-state index contributed by atoms with van der Waals surface area (Å²) in [7, 11) is 1.66. The van der Waals surface area contributed by atoms with E-state index in [0.29, 0.717) is 5.69 Å². The van der Waals surface area contributed by atoms with Crippen LogP contribution in [0.1, 0.15) is 30.8 Å². The van der Waals surface area contributed by atoms with Crippen LogP contribution in [0.5, 0.6) is 0 Å². The lowest BCUT2D eigenvalue weighted by Crippen LogP contribution is -2.37. The third-order valence-electron chi connectivity index (χ3n) is 2.81. The largest absolute Gasteiger partial charge is 0.394 e. The molecule has 1 amide bonds. The maximum absolute atomic E-state index is 12.0. The van der Waals surface area contributed by atoms with E-state index in [1.165, 1.54) is 4.90 Å². The smallest absolute Gasteiger partial charge is 0.272 e. The number of carbonyl (C=O) groups is 1.